The van der Waals surface area contributed by atoms with E-state index in [0.29, 0.717) is 5.57 Å². The Balaban J connectivity index is 0.000000292. The zero-order chi connectivity index (χ0) is 30.7. The minimum absolute atomic E-state index is 0.450. The van der Waals surface area contributed by atoms with Gasteiger partial charge in [-0.05, 0) is 76.9 Å². The van der Waals surface area contributed by atoms with Gasteiger partial charge in [0, 0.05) is 49.7 Å². The number of nitrogens with two attached hydrogens (primary N) is 1. The molecule has 0 bridgehead atoms. The van der Waals surface area contributed by atoms with Crippen LogP contribution in [0.1, 0.15) is 52.5 Å². The molecular weight excluding hydrogens is 522 g/mol. The molecule has 0 saturated carbocycles. The van der Waals surface area contributed by atoms with Crippen LogP contribution in [0.2, 0.25) is 0 Å². The van der Waals surface area contributed by atoms with Crippen molar-refractivity contribution in [3.05, 3.63) is 77.4 Å². The predicted molar refractivity (Wildman–Crippen MR) is 181 cm³/mol. The summed E-state index contributed by atoms with van der Waals surface area (Å²) in [7, 11) is 3.68. The SMILES string of the molecule is C/C=C/C(N)/C(C=O)=C(\NC)c1ccc(N2CCOCC2)cc1NC.CC1=CCC=CC=C1.CCN1CCC(C)CC1. The molecule has 2 heterocycles. The molecule has 0 spiro atoms. The van der Waals surface area contributed by atoms with Gasteiger partial charge < -0.3 is 30.9 Å². The van der Waals surface area contributed by atoms with E-state index >= 15 is 0 Å². The van der Waals surface area contributed by atoms with Crippen LogP contribution in [-0.2, 0) is 9.53 Å². The quantitative estimate of drug-likeness (QED) is 0.205. The van der Waals surface area contributed by atoms with E-state index < -0.39 is 6.04 Å². The highest BCUT2D eigenvalue weighted by Gasteiger charge is 2.18. The third kappa shape index (κ3) is 11.6. The van der Waals surface area contributed by atoms with Crippen molar-refractivity contribution in [3.63, 3.8) is 0 Å². The van der Waals surface area contributed by atoms with Gasteiger partial charge in [0.25, 0.3) is 0 Å². The summed E-state index contributed by atoms with van der Waals surface area (Å²) in [4.78, 5) is 16.5. The van der Waals surface area contributed by atoms with Gasteiger partial charge in [0.05, 0.1) is 25.0 Å². The van der Waals surface area contributed by atoms with E-state index in [2.05, 4.69) is 83.7 Å². The van der Waals surface area contributed by atoms with Gasteiger partial charge in [-0.2, -0.15) is 0 Å². The van der Waals surface area contributed by atoms with Crippen molar-refractivity contribution < 1.29 is 9.53 Å². The number of rotatable bonds is 8. The second kappa shape index (κ2) is 19.9. The van der Waals surface area contributed by atoms with Crippen molar-refractivity contribution in [2.24, 2.45) is 11.7 Å². The summed E-state index contributed by atoms with van der Waals surface area (Å²) in [6.45, 7) is 15.7. The molecule has 0 radical (unpaired) electrons. The van der Waals surface area contributed by atoms with E-state index in [4.69, 9.17) is 10.5 Å². The molecule has 2 saturated heterocycles. The lowest BCUT2D eigenvalue weighted by atomic mass is 9.99. The Morgan fingerprint density at radius 1 is 1.14 bits per heavy atom. The molecule has 7 nitrogen and oxygen atoms in total. The molecule has 42 heavy (non-hydrogen) atoms. The van der Waals surface area contributed by atoms with Crippen LogP contribution in [-0.4, -0.2) is 77.3 Å². The Labute approximate surface area is 255 Å². The minimum atomic E-state index is -0.450. The number of carbonyl (C=O) groups excluding carboxylic acids is 1. The average Bonchev–Trinajstić information content (AvgIpc) is 3.28. The highest BCUT2D eigenvalue weighted by atomic mass is 16.5. The number of hydrogen-bond acceptors (Lipinski definition) is 7. The van der Waals surface area contributed by atoms with Crippen LogP contribution >= 0.6 is 0 Å². The van der Waals surface area contributed by atoms with Crippen LogP contribution in [0.3, 0.4) is 0 Å². The molecule has 3 aliphatic rings. The molecular formula is C35H55N5O2. The molecule has 232 valence electrons. The predicted octanol–water partition coefficient (Wildman–Crippen LogP) is 5.78. The number of nitrogens with one attached hydrogen (secondary N) is 2. The minimum Gasteiger partial charge on any atom is -0.388 e. The van der Waals surface area contributed by atoms with Gasteiger partial charge in [-0.25, -0.2) is 0 Å². The zero-order valence-electron chi connectivity index (χ0n) is 26.9. The number of aldehydes is 1. The van der Waals surface area contributed by atoms with Crippen molar-refractivity contribution in [2.45, 2.75) is 53.0 Å². The third-order valence-corrected chi connectivity index (χ3v) is 7.85. The molecule has 4 rings (SSSR count). The standard InChI is InChI=1S/C19H28N4O2.C8H17N.C8H10/c1-4-5-17(20)16(13-24)19(22-3)15-7-6-14(12-18(15)21-2)23-8-10-25-11-9-23;1-3-9-6-4-8(2)5-7-9;1-8-6-4-2-3-5-7-8/h4-7,12-13,17,21-22H,8-11,20H2,1-3H3;8H,3-7H2,1-2H3;2-4,6-7H,5H2,1H3/b5-4+,19-16-;;. The maximum Gasteiger partial charge on any atom is 0.150 e. The summed E-state index contributed by atoms with van der Waals surface area (Å²) < 4.78 is 5.42. The largest absolute Gasteiger partial charge is 0.388 e. The van der Waals surface area contributed by atoms with Crippen molar-refractivity contribution in [2.75, 3.05) is 70.2 Å². The van der Waals surface area contributed by atoms with Crippen molar-refractivity contribution in [1.82, 2.24) is 10.2 Å². The first-order valence-electron chi connectivity index (χ1n) is 15.5. The molecule has 7 heteroatoms. The molecule has 1 atom stereocenters. The smallest absolute Gasteiger partial charge is 0.150 e. The monoisotopic (exact) mass is 577 g/mol. The number of ether oxygens (including phenoxy) is 1. The summed E-state index contributed by atoms with van der Waals surface area (Å²) in [6.07, 6.45) is 19.0. The lowest BCUT2D eigenvalue weighted by Gasteiger charge is -2.29. The molecule has 1 aromatic rings. The van der Waals surface area contributed by atoms with Gasteiger partial charge in [-0.1, -0.05) is 62.0 Å². The summed E-state index contributed by atoms with van der Waals surface area (Å²) >= 11 is 0. The number of morpholine rings is 1. The van der Waals surface area contributed by atoms with Crippen LogP contribution < -0.4 is 21.3 Å². The first-order chi connectivity index (χ1) is 20.4. The van der Waals surface area contributed by atoms with Crippen molar-refractivity contribution >= 4 is 23.4 Å². The molecule has 2 fully saturated rings. The first kappa shape index (κ1) is 35.1. The number of benzene rings is 1. The fourth-order valence-electron chi connectivity index (χ4n) is 5.09. The normalized spacial score (nSPS) is 18.9. The van der Waals surface area contributed by atoms with Gasteiger partial charge in [0.15, 0.2) is 0 Å². The van der Waals surface area contributed by atoms with Gasteiger partial charge in [-0.3, -0.25) is 4.79 Å². The first-order valence-corrected chi connectivity index (χ1v) is 15.5. The molecule has 1 aliphatic carbocycles. The molecule has 1 unspecified atom stereocenters. The van der Waals surface area contributed by atoms with Crippen LogP contribution in [0.4, 0.5) is 11.4 Å². The van der Waals surface area contributed by atoms with Gasteiger partial charge in [0.2, 0.25) is 0 Å². The summed E-state index contributed by atoms with van der Waals surface area (Å²) in [5, 5.41) is 6.38. The van der Waals surface area contributed by atoms with Crippen LogP contribution in [0.25, 0.3) is 5.70 Å². The second-order valence-corrected chi connectivity index (χ2v) is 10.9. The van der Waals surface area contributed by atoms with E-state index in [-0.39, 0.29) is 0 Å². The van der Waals surface area contributed by atoms with Gasteiger partial charge in [0.1, 0.15) is 6.29 Å². The number of anilines is 2. The van der Waals surface area contributed by atoms with Crippen molar-refractivity contribution in [1.29, 1.82) is 0 Å². The topological polar surface area (TPSA) is 82.9 Å². The van der Waals surface area contributed by atoms with E-state index in [9.17, 15) is 4.79 Å². The molecule has 4 N–H and O–H groups in total. The highest BCUT2D eigenvalue weighted by Crippen LogP contribution is 2.30. The number of likely N-dealkylation sites (tertiary alicyclic amines) is 1. The summed E-state index contributed by atoms with van der Waals surface area (Å²) in [5.74, 6) is 0.979. The molecule has 2 aliphatic heterocycles. The Morgan fingerprint density at radius 2 is 1.86 bits per heavy atom. The molecule has 1 aromatic carbocycles. The van der Waals surface area contributed by atoms with Crippen molar-refractivity contribution in [3.8, 4) is 0 Å². The fraction of sp³-hybridized carbons (Fsp3) is 0.514. The highest BCUT2D eigenvalue weighted by molar-refractivity contribution is 5.92. The zero-order valence-corrected chi connectivity index (χ0v) is 26.9. The number of carbonyl (C=O) groups is 1. The summed E-state index contributed by atoms with van der Waals surface area (Å²) in [5.41, 5.74) is 11.7. The van der Waals surface area contributed by atoms with E-state index in [1.807, 2.05) is 32.2 Å². The Kier molecular flexibility index (Phi) is 16.6. The Bertz CT molecular complexity index is 1090. The molecule has 0 aromatic heterocycles. The second-order valence-electron chi connectivity index (χ2n) is 10.9. The van der Waals surface area contributed by atoms with E-state index in [1.165, 1.54) is 38.0 Å². The number of piperidine rings is 1. The number of allylic oxidation sites excluding steroid dienone is 7. The van der Waals surface area contributed by atoms with E-state index in [1.54, 1.807) is 7.05 Å². The van der Waals surface area contributed by atoms with Crippen LogP contribution in [0, 0.1) is 5.92 Å². The Morgan fingerprint density at radius 3 is 2.45 bits per heavy atom. The molecule has 0 amide bonds. The number of hydrogen-bond donors (Lipinski definition) is 3. The van der Waals surface area contributed by atoms with Crippen LogP contribution in [0.15, 0.2) is 71.9 Å². The maximum absolute atomic E-state index is 11.7. The third-order valence-electron chi connectivity index (χ3n) is 7.85. The van der Waals surface area contributed by atoms with E-state index in [0.717, 1.165) is 67.6 Å². The summed E-state index contributed by atoms with van der Waals surface area (Å²) in [6, 6.07) is 5.74. The average molecular weight is 578 g/mol. The van der Waals surface area contributed by atoms with Crippen LogP contribution in [0.5, 0.6) is 0 Å². The lowest BCUT2D eigenvalue weighted by Crippen LogP contribution is -2.36. The lowest BCUT2D eigenvalue weighted by molar-refractivity contribution is -0.105. The number of nitrogens with zero attached hydrogens (tertiary/aromatic N) is 2. The maximum atomic E-state index is 11.7. The van der Waals surface area contributed by atoms with Gasteiger partial charge in [-0.15, -0.1) is 0 Å². The fourth-order valence-corrected chi connectivity index (χ4v) is 5.09. The van der Waals surface area contributed by atoms with Gasteiger partial charge >= 0.3 is 0 Å². The Hall–Kier alpha value is -3.13.